The maximum Gasteiger partial charge on any atom is 0.282 e. The summed E-state index contributed by atoms with van der Waals surface area (Å²) in [5.74, 6) is 1.07. The minimum absolute atomic E-state index is 0.161. The molecular formula is C21H15BrN2O2S. The van der Waals surface area contributed by atoms with Gasteiger partial charge in [-0.15, -0.1) is 11.3 Å². The third kappa shape index (κ3) is 3.46. The van der Waals surface area contributed by atoms with Crippen molar-refractivity contribution in [2.45, 2.75) is 0 Å². The topological polar surface area (TPSA) is 41.9 Å². The van der Waals surface area contributed by atoms with Gasteiger partial charge >= 0.3 is 0 Å². The molecule has 4 rings (SSSR count). The first-order valence-electron chi connectivity index (χ1n) is 8.24. The number of halogens is 1. The molecule has 0 atom stereocenters. The Kier molecular flexibility index (Phi) is 4.92. The van der Waals surface area contributed by atoms with E-state index < -0.39 is 0 Å². The number of amides is 1. The first-order valence-corrected chi connectivity index (χ1v) is 9.92. The zero-order valence-electron chi connectivity index (χ0n) is 14.4. The lowest BCUT2D eigenvalue weighted by Gasteiger charge is -2.20. The van der Waals surface area contributed by atoms with Crippen LogP contribution in [0, 0.1) is 0 Å². The Labute approximate surface area is 169 Å². The average Bonchev–Trinajstić information content (AvgIpc) is 3.31. The van der Waals surface area contributed by atoms with Crippen LogP contribution in [-0.2, 0) is 4.79 Å². The van der Waals surface area contributed by atoms with Crippen molar-refractivity contribution in [3.63, 3.8) is 0 Å². The lowest BCUT2D eigenvalue weighted by molar-refractivity contribution is -0.113. The number of rotatable bonds is 4. The number of hydrogen-bond donors (Lipinski definition) is 0. The molecule has 2 heterocycles. The van der Waals surface area contributed by atoms with Crippen molar-refractivity contribution >= 4 is 50.8 Å². The fourth-order valence-electron chi connectivity index (χ4n) is 2.86. The number of hydrogen-bond acceptors (Lipinski definition) is 4. The quantitative estimate of drug-likeness (QED) is 0.514. The van der Waals surface area contributed by atoms with Gasteiger partial charge in [0.05, 0.1) is 18.4 Å². The Morgan fingerprint density at radius 2 is 1.85 bits per heavy atom. The normalized spacial score (nSPS) is 15.3. The van der Waals surface area contributed by atoms with Gasteiger partial charge in [-0.05, 0) is 53.9 Å². The van der Waals surface area contributed by atoms with Crippen LogP contribution < -0.4 is 9.64 Å². The van der Waals surface area contributed by atoms with Gasteiger partial charge in [-0.1, -0.05) is 34.1 Å². The second-order valence-electron chi connectivity index (χ2n) is 5.80. The summed E-state index contributed by atoms with van der Waals surface area (Å²) in [5.41, 5.74) is 1.93. The monoisotopic (exact) mass is 438 g/mol. The Morgan fingerprint density at radius 3 is 2.56 bits per heavy atom. The molecular weight excluding hydrogens is 424 g/mol. The van der Waals surface area contributed by atoms with Gasteiger partial charge in [-0.2, -0.15) is 0 Å². The fraction of sp³-hybridized carbons (Fsp3) is 0.0476. The van der Waals surface area contributed by atoms with Crippen LogP contribution in [0.4, 0.5) is 5.69 Å². The summed E-state index contributed by atoms with van der Waals surface area (Å²) in [6, 6.07) is 19.1. The number of thiophene rings is 1. The van der Waals surface area contributed by atoms with Crippen LogP contribution in [0.1, 0.15) is 10.4 Å². The predicted molar refractivity (Wildman–Crippen MR) is 113 cm³/mol. The van der Waals surface area contributed by atoms with E-state index in [9.17, 15) is 4.79 Å². The van der Waals surface area contributed by atoms with Crippen molar-refractivity contribution in [1.82, 2.24) is 0 Å². The standard InChI is InChI=1S/C21H15BrN2O2S/c1-26-19-7-3-2-6-17(19)20-23-18(13-16-5-4-12-27-16)21(25)24(20)15-10-8-14(22)9-11-15/h2-13H,1H3/b18-13+. The Balaban J connectivity index is 1.86. The SMILES string of the molecule is COc1ccccc1C1=N/C(=C/c2cccs2)C(=O)N1c1ccc(Br)cc1. The van der Waals surface area contributed by atoms with Crippen LogP contribution in [0.25, 0.3) is 6.08 Å². The van der Waals surface area contributed by atoms with Gasteiger partial charge in [-0.25, -0.2) is 4.99 Å². The average molecular weight is 439 g/mol. The molecule has 27 heavy (non-hydrogen) atoms. The Hall–Kier alpha value is -2.70. The summed E-state index contributed by atoms with van der Waals surface area (Å²) in [6.07, 6.45) is 1.82. The molecule has 3 aromatic rings. The molecule has 0 bridgehead atoms. The van der Waals surface area contributed by atoms with Crippen LogP contribution in [0.3, 0.4) is 0 Å². The van der Waals surface area contributed by atoms with Gasteiger partial charge < -0.3 is 4.74 Å². The number of aliphatic imine (C=N–C) groups is 1. The molecule has 0 saturated heterocycles. The molecule has 1 aliphatic heterocycles. The van der Waals surface area contributed by atoms with Crippen molar-refractivity contribution in [3.8, 4) is 5.75 Å². The smallest absolute Gasteiger partial charge is 0.282 e. The van der Waals surface area contributed by atoms with E-state index in [1.165, 1.54) is 0 Å². The summed E-state index contributed by atoms with van der Waals surface area (Å²) in [4.78, 5) is 20.5. The summed E-state index contributed by atoms with van der Waals surface area (Å²) < 4.78 is 6.44. The molecule has 0 fully saturated rings. The number of benzene rings is 2. The highest BCUT2D eigenvalue weighted by Crippen LogP contribution is 2.32. The third-order valence-electron chi connectivity index (χ3n) is 4.12. The third-order valence-corrected chi connectivity index (χ3v) is 5.46. The van der Waals surface area contributed by atoms with Gasteiger partial charge in [0, 0.05) is 9.35 Å². The first kappa shape index (κ1) is 17.7. The van der Waals surface area contributed by atoms with Crippen LogP contribution in [-0.4, -0.2) is 18.9 Å². The molecule has 0 unspecified atom stereocenters. The first-order chi connectivity index (χ1) is 13.2. The molecule has 1 amide bonds. The molecule has 0 aliphatic carbocycles. The maximum atomic E-state index is 13.2. The molecule has 1 aliphatic rings. The van der Waals surface area contributed by atoms with E-state index in [1.54, 1.807) is 23.3 Å². The fourth-order valence-corrected chi connectivity index (χ4v) is 3.78. The van der Waals surface area contributed by atoms with Crippen molar-refractivity contribution in [2.75, 3.05) is 12.0 Å². The number of amidine groups is 1. The zero-order valence-corrected chi connectivity index (χ0v) is 16.8. The summed E-state index contributed by atoms with van der Waals surface area (Å²) in [7, 11) is 1.61. The molecule has 0 saturated carbocycles. The molecule has 1 aromatic heterocycles. The number of para-hydroxylation sites is 1. The van der Waals surface area contributed by atoms with Crippen molar-refractivity contribution < 1.29 is 9.53 Å². The molecule has 134 valence electrons. The summed E-state index contributed by atoms with van der Waals surface area (Å²) in [6.45, 7) is 0. The minimum Gasteiger partial charge on any atom is -0.496 e. The predicted octanol–water partition coefficient (Wildman–Crippen LogP) is 5.35. The van der Waals surface area contributed by atoms with Crippen molar-refractivity contribution in [3.05, 3.63) is 86.7 Å². The molecule has 0 N–H and O–H groups in total. The number of carbonyl (C=O) groups is 1. The van der Waals surface area contributed by atoms with E-state index in [-0.39, 0.29) is 5.91 Å². The van der Waals surface area contributed by atoms with Crippen LogP contribution >= 0.6 is 27.3 Å². The Morgan fingerprint density at radius 1 is 1.07 bits per heavy atom. The van der Waals surface area contributed by atoms with Gasteiger partial charge in [-0.3, -0.25) is 9.69 Å². The molecule has 4 nitrogen and oxygen atoms in total. The van der Waals surface area contributed by atoms with Crippen LogP contribution in [0.2, 0.25) is 0 Å². The second kappa shape index (κ2) is 7.50. The number of nitrogens with zero attached hydrogens (tertiary/aromatic N) is 2. The molecule has 0 spiro atoms. The molecule has 0 radical (unpaired) electrons. The minimum atomic E-state index is -0.161. The van der Waals surface area contributed by atoms with Crippen LogP contribution in [0.5, 0.6) is 5.75 Å². The molecule has 2 aromatic carbocycles. The second-order valence-corrected chi connectivity index (χ2v) is 7.69. The van der Waals surface area contributed by atoms with Crippen LogP contribution in [0.15, 0.2) is 81.2 Å². The van der Waals surface area contributed by atoms with Gasteiger partial charge in [0.2, 0.25) is 0 Å². The van der Waals surface area contributed by atoms with Crippen molar-refractivity contribution in [1.29, 1.82) is 0 Å². The largest absolute Gasteiger partial charge is 0.496 e. The van der Waals surface area contributed by atoms with E-state index in [1.807, 2.05) is 72.1 Å². The summed E-state index contributed by atoms with van der Waals surface area (Å²) in [5, 5.41) is 1.98. The lowest BCUT2D eigenvalue weighted by atomic mass is 10.1. The van der Waals surface area contributed by atoms with E-state index in [0.717, 1.165) is 20.6 Å². The lowest BCUT2D eigenvalue weighted by Crippen LogP contribution is -2.32. The van der Waals surface area contributed by atoms with Gasteiger partial charge in [0.1, 0.15) is 11.4 Å². The van der Waals surface area contributed by atoms with Crippen molar-refractivity contribution in [2.24, 2.45) is 4.99 Å². The highest BCUT2D eigenvalue weighted by molar-refractivity contribution is 9.10. The maximum absolute atomic E-state index is 13.2. The highest BCUT2D eigenvalue weighted by Gasteiger charge is 2.33. The van der Waals surface area contributed by atoms with Gasteiger partial charge in [0.15, 0.2) is 5.84 Å². The van der Waals surface area contributed by atoms with E-state index in [0.29, 0.717) is 17.3 Å². The Bertz CT molecular complexity index is 1040. The van der Waals surface area contributed by atoms with E-state index in [2.05, 4.69) is 20.9 Å². The highest BCUT2D eigenvalue weighted by atomic mass is 79.9. The van der Waals surface area contributed by atoms with Gasteiger partial charge in [0.25, 0.3) is 5.91 Å². The number of carbonyl (C=O) groups excluding carboxylic acids is 1. The number of ether oxygens (including phenoxy) is 1. The number of methoxy groups -OCH3 is 1. The number of anilines is 1. The van der Waals surface area contributed by atoms with E-state index >= 15 is 0 Å². The summed E-state index contributed by atoms with van der Waals surface area (Å²) >= 11 is 5.01. The van der Waals surface area contributed by atoms with E-state index in [4.69, 9.17) is 4.74 Å². The zero-order chi connectivity index (χ0) is 18.8. The molecule has 6 heteroatoms.